The summed E-state index contributed by atoms with van der Waals surface area (Å²) in [6.45, 7) is 0. The predicted molar refractivity (Wildman–Crippen MR) is 115 cm³/mol. The summed E-state index contributed by atoms with van der Waals surface area (Å²) in [4.78, 5) is 0. The SMILES string of the molecule is CS(=O)(=O)Oc1ccc2cc(-c3ccc(-c4ccc(Cl)cc4)c(F)c3)ccc2c1. The van der Waals surface area contributed by atoms with Crippen LogP contribution >= 0.6 is 11.6 Å². The minimum Gasteiger partial charge on any atom is -0.383 e. The predicted octanol–water partition coefficient (Wildman–Crippen LogP) is 6.30. The summed E-state index contributed by atoms with van der Waals surface area (Å²) in [7, 11) is -3.58. The van der Waals surface area contributed by atoms with E-state index in [1.54, 1.807) is 48.5 Å². The largest absolute Gasteiger partial charge is 0.383 e. The second-order valence-corrected chi connectivity index (χ2v) is 8.72. The quantitative estimate of drug-likeness (QED) is 0.359. The lowest BCUT2D eigenvalue weighted by Crippen LogP contribution is -2.05. The van der Waals surface area contributed by atoms with Gasteiger partial charge in [0, 0.05) is 10.6 Å². The molecule has 3 nitrogen and oxygen atoms in total. The molecule has 0 amide bonds. The maximum Gasteiger partial charge on any atom is 0.306 e. The molecule has 0 aliphatic carbocycles. The molecule has 0 fully saturated rings. The summed E-state index contributed by atoms with van der Waals surface area (Å²) in [5.74, 6) is -0.0621. The number of hydrogen-bond acceptors (Lipinski definition) is 3. The van der Waals surface area contributed by atoms with Crippen molar-refractivity contribution >= 4 is 32.5 Å². The third kappa shape index (κ3) is 4.42. The first-order chi connectivity index (χ1) is 13.8. The summed E-state index contributed by atoms with van der Waals surface area (Å²) in [5, 5.41) is 2.32. The molecule has 29 heavy (non-hydrogen) atoms. The van der Waals surface area contributed by atoms with E-state index in [1.807, 2.05) is 24.3 Å². The van der Waals surface area contributed by atoms with Gasteiger partial charge < -0.3 is 4.18 Å². The summed E-state index contributed by atoms with van der Waals surface area (Å²) >= 11 is 5.90. The Morgan fingerprint density at radius 2 is 1.34 bits per heavy atom. The molecule has 4 rings (SSSR count). The Bertz CT molecular complexity index is 1320. The van der Waals surface area contributed by atoms with Gasteiger partial charge in [0.05, 0.1) is 6.26 Å². The molecular weight excluding hydrogens is 411 g/mol. The van der Waals surface area contributed by atoms with E-state index in [0.717, 1.165) is 33.7 Å². The number of halogens is 2. The Morgan fingerprint density at radius 1 is 0.759 bits per heavy atom. The molecule has 0 spiro atoms. The lowest BCUT2D eigenvalue weighted by Gasteiger charge is -2.09. The van der Waals surface area contributed by atoms with Crippen LogP contribution in [-0.4, -0.2) is 14.7 Å². The maximum absolute atomic E-state index is 14.7. The Hall–Kier alpha value is -2.89. The van der Waals surface area contributed by atoms with Gasteiger partial charge in [-0.25, -0.2) is 4.39 Å². The zero-order valence-corrected chi connectivity index (χ0v) is 17.0. The highest BCUT2D eigenvalue weighted by molar-refractivity contribution is 7.86. The van der Waals surface area contributed by atoms with Gasteiger partial charge in [0.1, 0.15) is 11.6 Å². The molecular formula is C23H16ClFO3S. The fourth-order valence-corrected chi connectivity index (χ4v) is 3.77. The van der Waals surface area contributed by atoms with Crippen LogP contribution in [0.15, 0.2) is 78.9 Å². The molecule has 0 saturated heterocycles. The lowest BCUT2D eigenvalue weighted by atomic mass is 9.98. The lowest BCUT2D eigenvalue weighted by molar-refractivity contribution is 0.493. The smallest absolute Gasteiger partial charge is 0.306 e. The molecule has 0 aliphatic heterocycles. The molecule has 0 bridgehead atoms. The van der Waals surface area contributed by atoms with Crippen molar-refractivity contribution in [1.82, 2.24) is 0 Å². The molecule has 0 radical (unpaired) electrons. The van der Waals surface area contributed by atoms with Gasteiger partial charge in [0.25, 0.3) is 0 Å². The zero-order valence-electron chi connectivity index (χ0n) is 15.4. The third-order valence-electron chi connectivity index (χ3n) is 4.52. The Morgan fingerprint density at radius 3 is 2.03 bits per heavy atom. The Balaban J connectivity index is 1.68. The molecule has 146 valence electrons. The number of rotatable bonds is 4. The van der Waals surface area contributed by atoms with E-state index >= 15 is 0 Å². The average Bonchev–Trinajstić information content (AvgIpc) is 2.67. The van der Waals surface area contributed by atoms with Crippen molar-refractivity contribution in [3.63, 3.8) is 0 Å². The van der Waals surface area contributed by atoms with Gasteiger partial charge in [-0.05, 0) is 63.9 Å². The Kier molecular flexibility index (Phi) is 5.03. The van der Waals surface area contributed by atoms with Crippen LogP contribution in [0.1, 0.15) is 0 Å². The minimum atomic E-state index is -3.58. The second kappa shape index (κ2) is 7.50. The third-order valence-corrected chi connectivity index (χ3v) is 5.26. The first-order valence-corrected chi connectivity index (χ1v) is 11.0. The minimum absolute atomic E-state index is 0.256. The van der Waals surface area contributed by atoms with Crippen molar-refractivity contribution in [2.75, 3.05) is 6.26 Å². The van der Waals surface area contributed by atoms with Crippen molar-refractivity contribution in [2.45, 2.75) is 0 Å². The monoisotopic (exact) mass is 426 g/mol. The normalized spacial score (nSPS) is 11.6. The highest BCUT2D eigenvalue weighted by Gasteiger charge is 2.09. The zero-order chi connectivity index (χ0) is 20.6. The topological polar surface area (TPSA) is 43.4 Å². The second-order valence-electron chi connectivity index (χ2n) is 6.71. The van der Waals surface area contributed by atoms with Gasteiger partial charge in [-0.2, -0.15) is 8.42 Å². The van der Waals surface area contributed by atoms with E-state index in [1.165, 1.54) is 6.07 Å². The van der Waals surface area contributed by atoms with Crippen molar-refractivity contribution in [3.8, 4) is 28.0 Å². The van der Waals surface area contributed by atoms with Gasteiger partial charge in [0.2, 0.25) is 0 Å². The van der Waals surface area contributed by atoms with Gasteiger partial charge in [-0.1, -0.05) is 54.1 Å². The average molecular weight is 427 g/mol. The van der Waals surface area contributed by atoms with Crippen LogP contribution in [-0.2, 0) is 10.1 Å². The van der Waals surface area contributed by atoms with E-state index in [-0.39, 0.29) is 11.6 Å². The van der Waals surface area contributed by atoms with Crippen LogP contribution < -0.4 is 4.18 Å². The van der Waals surface area contributed by atoms with Gasteiger partial charge in [0.15, 0.2) is 0 Å². The van der Waals surface area contributed by atoms with E-state index in [9.17, 15) is 12.8 Å². The van der Waals surface area contributed by atoms with Crippen LogP contribution in [0.3, 0.4) is 0 Å². The van der Waals surface area contributed by atoms with E-state index in [4.69, 9.17) is 15.8 Å². The summed E-state index contributed by atoms with van der Waals surface area (Å²) in [6, 6.07) is 22.8. The van der Waals surface area contributed by atoms with E-state index in [0.29, 0.717) is 10.6 Å². The van der Waals surface area contributed by atoms with Crippen LogP contribution in [0, 0.1) is 5.82 Å². The summed E-state index contributed by atoms with van der Waals surface area (Å²) in [6.07, 6.45) is 1.00. The van der Waals surface area contributed by atoms with Gasteiger partial charge in [-0.15, -0.1) is 0 Å². The standard InChI is InChI=1S/C23H16ClFO3S/c1-29(26,27)28-21-10-6-17-12-16(2-3-18(17)13-21)19-7-11-22(23(25)14-19)15-4-8-20(24)9-5-15/h2-14H,1H3. The van der Waals surface area contributed by atoms with Gasteiger partial charge >= 0.3 is 10.1 Å². The number of benzene rings is 4. The van der Waals surface area contributed by atoms with Gasteiger partial charge in [-0.3, -0.25) is 0 Å². The summed E-state index contributed by atoms with van der Waals surface area (Å²) < 4.78 is 42.2. The molecule has 4 aromatic carbocycles. The van der Waals surface area contributed by atoms with Crippen molar-refractivity contribution in [2.24, 2.45) is 0 Å². The molecule has 0 aromatic heterocycles. The fraction of sp³-hybridized carbons (Fsp3) is 0.0435. The van der Waals surface area contributed by atoms with E-state index in [2.05, 4.69) is 0 Å². The van der Waals surface area contributed by atoms with Crippen LogP contribution in [0.25, 0.3) is 33.0 Å². The number of fused-ring (bicyclic) bond motifs is 1. The van der Waals surface area contributed by atoms with E-state index < -0.39 is 10.1 Å². The molecule has 4 aromatic rings. The van der Waals surface area contributed by atoms with Crippen molar-refractivity contribution < 1.29 is 17.0 Å². The molecule has 0 aliphatic rings. The van der Waals surface area contributed by atoms with Crippen LogP contribution in [0.4, 0.5) is 4.39 Å². The number of hydrogen-bond donors (Lipinski definition) is 0. The van der Waals surface area contributed by atoms with Crippen molar-refractivity contribution in [1.29, 1.82) is 0 Å². The fourth-order valence-electron chi connectivity index (χ4n) is 3.19. The molecule has 0 unspecified atom stereocenters. The highest BCUT2D eigenvalue weighted by atomic mass is 35.5. The first kappa shape index (κ1) is 19.4. The van der Waals surface area contributed by atoms with Crippen LogP contribution in [0.5, 0.6) is 5.75 Å². The first-order valence-electron chi connectivity index (χ1n) is 8.78. The maximum atomic E-state index is 14.7. The highest BCUT2D eigenvalue weighted by Crippen LogP contribution is 2.31. The molecule has 0 saturated carbocycles. The molecule has 0 atom stereocenters. The molecule has 0 heterocycles. The Labute approximate surface area is 173 Å². The molecule has 0 N–H and O–H groups in total. The summed E-state index contributed by atoms with van der Waals surface area (Å²) in [5.41, 5.74) is 2.87. The van der Waals surface area contributed by atoms with Crippen molar-refractivity contribution in [3.05, 3.63) is 89.7 Å². The molecule has 6 heteroatoms. The van der Waals surface area contributed by atoms with Crippen LogP contribution in [0.2, 0.25) is 5.02 Å².